The maximum absolute atomic E-state index is 13.8. The monoisotopic (exact) mass is 568 g/mol. The van der Waals surface area contributed by atoms with Gasteiger partial charge in [-0.15, -0.1) is 14.6 Å². The first-order valence-electron chi connectivity index (χ1n) is 9.76. The molecule has 4 rings (SSSR count). The normalized spacial score (nSPS) is 11.9. The number of anilines is 3. The molecule has 0 bridgehead atoms. The average Bonchev–Trinajstić information content (AvgIpc) is 2.84. The molecule has 192 valence electrons. The molecule has 0 radical (unpaired) electrons. The van der Waals surface area contributed by atoms with Gasteiger partial charge < -0.3 is 16.2 Å². The Hall–Kier alpha value is -3.64. The van der Waals surface area contributed by atoms with Crippen LogP contribution in [0, 0.1) is 5.95 Å². The number of nitrogens with zero attached hydrogens (tertiary/aromatic N) is 4. The lowest BCUT2D eigenvalue weighted by molar-refractivity contribution is -0.432. The van der Waals surface area contributed by atoms with Gasteiger partial charge in [0, 0.05) is 16.0 Å². The third-order valence-electron chi connectivity index (χ3n) is 4.70. The number of phenols is 1. The van der Waals surface area contributed by atoms with Gasteiger partial charge in [-0.2, -0.15) is 22.8 Å². The summed E-state index contributed by atoms with van der Waals surface area (Å²) in [6, 6.07) is 11.2. The first kappa shape index (κ1) is 26.4. The van der Waals surface area contributed by atoms with Crippen LogP contribution in [-0.4, -0.2) is 33.3 Å². The molecule has 0 fully saturated rings. The van der Waals surface area contributed by atoms with Crippen LogP contribution in [0.3, 0.4) is 0 Å². The molecule has 0 aliphatic rings. The lowest BCUT2D eigenvalue weighted by Gasteiger charge is -2.10. The number of phenolic OH excluding ortho intramolecular Hbond substituents is 1. The molecule has 13 nitrogen and oxygen atoms in total. The predicted molar refractivity (Wildman–Crippen MR) is 131 cm³/mol. The number of azo groups is 1. The van der Waals surface area contributed by atoms with Crippen molar-refractivity contribution in [3.05, 3.63) is 59.5 Å². The summed E-state index contributed by atoms with van der Waals surface area (Å²) in [5, 5.41) is 33.4. The lowest BCUT2D eigenvalue weighted by Crippen LogP contribution is -2.04. The second-order valence-electron chi connectivity index (χ2n) is 7.06. The number of halogens is 2. The lowest BCUT2D eigenvalue weighted by atomic mass is 10.1. The molecule has 0 spiro atoms. The van der Waals surface area contributed by atoms with Crippen molar-refractivity contribution in [3.63, 3.8) is 0 Å². The van der Waals surface area contributed by atoms with Gasteiger partial charge in [-0.1, -0.05) is 22.7 Å². The summed E-state index contributed by atoms with van der Waals surface area (Å²) in [6.07, 6.45) is 0. The van der Waals surface area contributed by atoms with Gasteiger partial charge in [-0.3, -0.25) is 4.55 Å². The van der Waals surface area contributed by atoms with Crippen molar-refractivity contribution in [2.24, 2.45) is 10.2 Å². The van der Waals surface area contributed by atoms with Crippen LogP contribution < -0.4 is 11.1 Å². The summed E-state index contributed by atoms with van der Waals surface area (Å²) in [5.74, 6) is -1.93. The number of hydrogen-bond acceptors (Lipinski definition) is 13. The van der Waals surface area contributed by atoms with Gasteiger partial charge in [0.25, 0.3) is 10.1 Å². The van der Waals surface area contributed by atoms with Crippen LogP contribution in [0.4, 0.5) is 33.2 Å². The van der Waals surface area contributed by atoms with E-state index in [0.717, 1.165) is 18.1 Å². The van der Waals surface area contributed by atoms with Crippen LogP contribution in [0.25, 0.3) is 10.8 Å². The van der Waals surface area contributed by atoms with Crippen molar-refractivity contribution in [2.75, 3.05) is 11.1 Å². The third-order valence-corrected chi connectivity index (χ3v) is 6.51. The smallest absolute Gasteiger partial charge is 0.296 e. The largest absolute Gasteiger partial charge is 0.505 e. The standard InChI is InChI=1S/C20H14ClFN6O7S2/c21-16-18(22)25-20(23)26-19(16)24-10-2-6-15(37(31,32)33)14(8-10)28-27-13-5-1-9-7-11(36-35-34-30)3-4-12(9)17(13)29/h1-8,29-30H,(H,31,32,33)(H3,23,24,25,26). The van der Waals surface area contributed by atoms with Gasteiger partial charge in [-0.05, 0) is 47.9 Å². The van der Waals surface area contributed by atoms with E-state index in [0.29, 0.717) is 15.7 Å². The van der Waals surface area contributed by atoms with Gasteiger partial charge in [0.05, 0.1) is 12.0 Å². The van der Waals surface area contributed by atoms with Crippen molar-refractivity contribution >= 4 is 73.4 Å². The molecule has 0 saturated carbocycles. The Kier molecular flexibility index (Phi) is 7.69. The SMILES string of the molecule is Nc1nc(F)c(Cl)c(Nc2ccc(S(=O)(=O)O)c(N=Nc3ccc4cc(SOOO)ccc4c3O)c2)n1. The highest BCUT2D eigenvalue weighted by molar-refractivity contribution is 7.94. The molecule has 37 heavy (non-hydrogen) atoms. The van der Waals surface area contributed by atoms with Crippen molar-refractivity contribution in [1.82, 2.24) is 9.97 Å². The number of hydrogen-bond donors (Lipinski definition) is 5. The van der Waals surface area contributed by atoms with E-state index in [4.69, 9.17) is 22.6 Å². The number of benzene rings is 3. The van der Waals surface area contributed by atoms with E-state index in [1.807, 2.05) is 0 Å². The Morgan fingerprint density at radius 3 is 2.57 bits per heavy atom. The Balaban J connectivity index is 1.71. The fourth-order valence-corrected chi connectivity index (χ4v) is 4.27. The van der Waals surface area contributed by atoms with E-state index >= 15 is 0 Å². The maximum Gasteiger partial charge on any atom is 0.296 e. The van der Waals surface area contributed by atoms with Crippen LogP contribution in [0.15, 0.2) is 68.6 Å². The van der Waals surface area contributed by atoms with E-state index in [2.05, 4.69) is 34.9 Å². The minimum absolute atomic E-state index is 0.0174. The molecule has 1 heterocycles. The topological polar surface area (TPSA) is 202 Å². The Morgan fingerprint density at radius 1 is 1.08 bits per heavy atom. The summed E-state index contributed by atoms with van der Waals surface area (Å²) in [6.45, 7) is 0. The average molecular weight is 569 g/mol. The second-order valence-corrected chi connectivity index (χ2v) is 9.60. The van der Waals surface area contributed by atoms with Gasteiger partial charge in [-0.25, -0.2) is 5.26 Å². The first-order chi connectivity index (χ1) is 17.6. The van der Waals surface area contributed by atoms with Crippen LogP contribution in [-0.2, 0) is 19.5 Å². The fourth-order valence-electron chi connectivity index (χ4n) is 3.12. The van der Waals surface area contributed by atoms with Crippen molar-refractivity contribution in [3.8, 4) is 5.75 Å². The molecule has 17 heteroatoms. The van der Waals surface area contributed by atoms with Crippen LogP contribution >= 0.6 is 23.6 Å². The second kappa shape index (κ2) is 10.8. The van der Waals surface area contributed by atoms with Crippen molar-refractivity contribution < 1.29 is 37.1 Å². The highest BCUT2D eigenvalue weighted by Gasteiger charge is 2.18. The molecule has 1 aromatic heterocycles. The Bertz CT molecular complexity index is 1640. The number of aromatic nitrogens is 2. The quantitative estimate of drug-likeness (QED) is 0.0443. The first-order valence-corrected chi connectivity index (χ1v) is 12.3. The van der Waals surface area contributed by atoms with Gasteiger partial charge in [0.1, 0.15) is 21.3 Å². The molecule has 0 aliphatic carbocycles. The van der Waals surface area contributed by atoms with Crippen LogP contribution in [0.5, 0.6) is 5.75 Å². The molecule has 0 saturated heterocycles. The van der Waals surface area contributed by atoms with Gasteiger partial charge in [0.15, 0.2) is 11.6 Å². The van der Waals surface area contributed by atoms with Crippen LogP contribution in [0.2, 0.25) is 5.02 Å². The van der Waals surface area contributed by atoms with Gasteiger partial charge in [0.2, 0.25) is 11.9 Å². The van der Waals surface area contributed by atoms with E-state index in [-0.39, 0.29) is 28.6 Å². The molecule has 4 aromatic rings. The molecule has 3 aromatic carbocycles. The molecule has 0 amide bonds. The number of fused-ring (bicyclic) bond motifs is 1. The minimum Gasteiger partial charge on any atom is -0.505 e. The summed E-state index contributed by atoms with van der Waals surface area (Å²) in [5.41, 5.74) is 5.24. The highest BCUT2D eigenvalue weighted by atomic mass is 35.5. The van der Waals surface area contributed by atoms with E-state index in [9.17, 15) is 22.5 Å². The molecule has 0 unspecified atom stereocenters. The molecule has 0 atom stereocenters. The summed E-state index contributed by atoms with van der Waals surface area (Å²) in [4.78, 5) is 7.04. The zero-order valence-electron chi connectivity index (χ0n) is 18.0. The number of nitrogens with one attached hydrogen (secondary N) is 1. The highest BCUT2D eigenvalue weighted by Crippen LogP contribution is 2.38. The van der Waals surface area contributed by atoms with E-state index in [1.165, 1.54) is 18.2 Å². The maximum atomic E-state index is 13.8. The summed E-state index contributed by atoms with van der Waals surface area (Å²) < 4.78 is 51.5. The van der Waals surface area contributed by atoms with E-state index < -0.39 is 31.9 Å². The number of nitrogens with two attached hydrogens (primary N) is 1. The molecular weight excluding hydrogens is 555 g/mol. The molecule has 0 aliphatic heterocycles. The summed E-state index contributed by atoms with van der Waals surface area (Å²) >= 11 is 6.59. The van der Waals surface area contributed by atoms with Crippen molar-refractivity contribution in [1.29, 1.82) is 0 Å². The van der Waals surface area contributed by atoms with Crippen molar-refractivity contribution in [2.45, 2.75) is 9.79 Å². The number of rotatable bonds is 8. The van der Waals surface area contributed by atoms with Crippen LogP contribution in [0.1, 0.15) is 0 Å². The van der Waals surface area contributed by atoms with E-state index in [1.54, 1.807) is 24.3 Å². The molecular formula is C20H14ClFN6O7S2. The Morgan fingerprint density at radius 2 is 1.84 bits per heavy atom. The summed E-state index contributed by atoms with van der Waals surface area (Å²) in [7, 11) is -4.72. The Labute approximate surface area is 216 Å². The predicted octanol–water partition coefficient (Wildman–Crippen LogP) is 5.54. The zero-order chi connectivity index (χ0) is 26.7. The van der Waals surface area contributed by atoms with Gasteiger partial charge >= 0.3 is 0 Å². The molecule has 6 N–H and O–H groups in total. The minimum atomic E-state index is -4.72. The fraction of sp³-hybridized carbons (Fsp3) is 0. The third kappa shape index (κ3) is 6.03. The number of aromatic hydroxyl groups is 1. The zero-order valence-corrected chi connectivity index (χ0v) is 20.4. The number of nitrogen functional groups attached to an aromatic ring is 1.